The summed E-state index contributed by atoms with van der Waals surface area (Å²) in [5.41, 5.74) is -0.633. The highest BCUT2D eigenvalue weighted by Gasteiger charge is 2.28. The van der Waals surface area contributed by atoms with Gasteiger partial charge in [0, 0.05) is 23.5 Å². The number of hydrogen-bond donors (Lipinski definition) is 1. The fourth-order valence-corrected chi connectivity index (χ4v) is 2.38. The second kappa shape index (κ2) is 7.26. The van der Waals surface area contributed by atoms with Crippen molar-refractivity contribution >= 4 is 27.7 Å². The number of rotatable bonds is 3. The summed E-state index contributed by atoms with van der Waals surface area (Å²) >= 11 is 2.92. The van der Waals surface area contributed by atoms with E-state index < -0.39 is 23.3 Å². The van der Waals surface area contributed by atoms with Gasteiger partial charge in [-0.2, -0.15) is 10.1 Å². The van der Waals surface area contributed by atoms with Crippen molar-refractivity contribution in [1.29, 1.82) is 0 Å². The molecule has 0 aliphatic heterocycles. The number of carboxylic acid groups (broad SMARTS) is 1. The van der Waals surface area contributed by atoms with Gasteiger partial charge < -0.3 is 5.11 Å². The summed E-state index contributed by atoms with van der Waals surface area (Å²) in [6.45, 7) is 4.94. The Morgan fingerprint density at radius 2 is 1.80 bits per heavy atom. The molecule has 0 atom stereocenters. The molecule has 1 N–H and O–H groups in total. The van der Waals surface area contributed by atoms with Gasteiger partial charge in [-0.1, -0.05) is 0 Å². The average molecular weight is 412 g/mol. The van der Waals surface area contributed by atoms with Crippen LogP contribution in [0.25, 0.3) is 0 Å². The van der Waals surface area contributed by atoms with E-state index in [1.54, 1.807) is 32.9 Å². The van der Waals surface area contributed by atoms with E-state index in [2.05, 4.69) is 26.0 Å². The zero-order chi connectivity index (χ0) is 18.8. The SMILES string of the molecule is CC(C)(C)N(N=C(c1ccncc1)c1cc(F)c(Br)cc1F)C(=O)O. The van der Waals surface area contributed by atoms with Crippen molar-refractivity contribution in [3.05, 3.63) is 63.9 Å². The highest BCUT2D eigenvalue weighted by Crippen LogP contribution is 2.24. The molecule has 1 heterocycles. The quantitative estimate of drug-likeness (QED) is 0.453. The predicted molar refractivity (Wildman–Crippen MR) is 93.6 cm³/mol. The van der Waals surface area contributed by atoms with Crippen molar-refractivity contribution in [2.24, 2.45) is 5.10 Å². The molecule has 8 heteroatoms. The number of pyridine rings is 1. The molecule has 0 aliphatic rings. The molecule has 0 bridgehead atoms. The topological polar surface area (TPSA) is 65.8 Å². The predicted octanol–water partition coefficient (Wildman–Crippen LogP) is 4.65. The first-order valence-electron chi connectivity index (χ1n) is 7.28. The minimum atomic E-state index is -1.31. The van der Waals surface area contributed by atoms with Crippen LogP contribution >= 0.6 is 15.9 Å². The highest BCUT2D eigenvalue weighted by molar-refractivity contribution is 9.10. The van der Waals surface area contributed by atoms with Crippen molar-refractivity contribution in [3.8, 4) is 0 Å². The zero-order valence-electron chi connectivity index (χ0n) is 13.8. The van der Waals surface area contributed by atoms with Crippen LogP contribution in [0, 0.1) is 11.6 Å². The van der Waals surface area contributed by atoms with Gasteiger partial charge in [0.2, 0.25) is 0 Å². The number of hydrazone groups is 1. The molecule has 0 spiro atoms. The molecule has 0 aliphatic carbocycles. The number of benzene rings is 1. The second-order valence-electron chi connectivity index (χ2n) is 6.20. The highest BCUT2D eigenvalue weighted by atomic mass is 79.9. The standard InChI is InChI=1S/C17H16BrF2N3O2/c1-17(2,3)23(16(24)25)22-15(10-4-6-21-7-5-10)11-8-14(20)12(18)9-13(11)19/h4-9H,1-3H3,(H,24,25). The second-order valence-corrected chi connectivity index (χ2v) is 7.05. The Labute approximate surface area is 152 Å². The van der Waals surface area contributed by atoms with E-state index >= 15 is 0 Å². The summed E-state index contributed by atoms with van der Waals surface area (Å²) in [5, 5.41) is 14.4. The number of halogens is 3. The molecule has 2 aromatic rings. The molecule has 1 aromatic carbocycles. The van der Waals surface area contributed by atoms with Crippen molar-refractivity contribution in [3.63, 3.8) is 0 Å². The maximum atomic E-state index is 14.5. The van der Waals surface area contributed by atoms with E-state index in [4.69, 9.17) is 0 Å². The summed E-state index contributed by atoms with van der Waals surface area (Å²) in [6, 6.07) is 5.03. The smallest absolute Gasteiger partial charge is 0.428 e. The third-order valence-corrected chi connectivity index (χ3v) is 3.84. The van der Waals surface area contributed by atoms with Crippen LogP contribution in [0.3, 0.4) is 0 Å². The lowest BCUT2D eigenvalue weighted by Crippen LogP contribution is -2.42. The zero-order valence-corrected chi connectivity index (χ0v) is 15.4. The number of hydrogen-bond acceptors (Lipinski definition) is 3. The molecule has 0 saturated carbocycles. The van der Waals surface area contributed by atoms with Crippen LogP contribution in [0.1, 0.15) is 31.9 Å². The van der Waals surface area contributed by atoms with Crippen molar-refractivity contribution in [1.82, 2.24) is 9.99 Å². The Kier molecular flexibility index (Phi) is 5.52. The van der Waals surface area contributed by atoms with Gasteiger partial charge >= 0.3 is 6.09 Å². The molecular formula is C17H16BrF2N3O2. The third kappa shape index (κ3) is 4.39. The van der Waals surface area contributed by atoms with E-state index in [1.807, 2.05) is 0 Å². The molecule has 5 nitrogen and oxygen atoms in total. The first-order valence-corrected chi connectivity index (χ1v) is 8.07. The minimum Gasteiger partial charge on any atom is -0.464 e. The summed E-state index contributed by atoms with van der Waals surface area (Å²) in [6.07, 6.45) is 1.61. The van der Waals surface area contributed by atoms with Crippen LogP contribution in [0.4, 0.5) is 13.6 Å². The maximum Gasteiger partial charge on any atom is 0.428 e. The van der Waals surface area contributed by atoms with Gasteiger partial charge in [-0.05, 0) is 61.0 Å². The van der Waals surface area contributed by atoms with Gasteiger partial charge in [-0.3, -0.25) is 4.98 Å². The molecule has 132 valence electrons. The Bertz CT molecular complexity index is 821. The Balaban J connectivity index is 2.73. The first-order chi connectivity index (χ1) is 11.6. The Morgan fingerprint density at radius 1 is 1.20 bits per heavy atom. The van der Waals surface area contributed by atoms with Crippen LogP contribution in [-0.2, 0) is 0 Å². The first kappa shape index (κ1) is 19.0. The summed E-state index contributed by atoms with van der Waals surface area (Å²) < 4.78 is 28.4. The molecule has 0 unspecified atom stereocenters. The molecule has 0 radical (unpaired) electrons. The fourth-order valence-electron chi connectivity index (χ4n) is 2.06. The van der Waals surface area contributed by atoms with E-state index in [-0.39, 0.29) is 15.7 Å². The van der Waals surface area contributed by atoms with Gasteiger partial charge in [0.25, 0.3) is 0 Å². The molecule has 25 heavy (non-hydrogen) atoms. The summed E-state index contributed by atoms with van der Waals surface area (Å²) in [5.74, 6) is -1.42. The van der Waals surface area contributed by atoms with E-state index in [0.29, 0.717) is 5.56 Å². The van der Waals surface area contributed by atoms with Crippen molar-refractivity contribution < 1.29 is 18.7 Å². The summed E-state index contributed by atoms with van der Waals surface area (Å²) in [4.78, 5) is 15.5. The van der Waals surface area contributed by atoms with Gasteiger partial charge in [0.05, 0.1) is 10.0 Å². The number of nitrogens with zero attached hydrogens (tertiary/aromatic N) is 3. The summed E-state index contributed by atoms with van der Waals surface area (Å²) in [7, 11) is 0. The van der Waals surface area contributed by atoms with Crippen molar-refractivity contribution in [2.45, 2.75) is 26.3 Å². The molecule has 0 fully saturated rings. The van der Waals surface area contributed by atoms with Crippen molar-refractivity contribution in [2.75, 3.05) is 0 Å². The van der Waals surface area contributed by atoms with E-state index in [0.717, 1.165) is 17.1 Å². The average Bonchev–Trinajstić information content (AvgIpc) is 2.51. The van der Waals surface area contributed by atoms with Gasteiger partial charge in [0.1, 0.15) is 17.3 Å². The maximum absolute atomic E-state index is 14.5. The Hall–Kier alpha value is -2.35. The molecular weight excluding hydrogens is 396 g/mol. The normalized spacial score (nSPS) is 12.2. The van der Waals surface area contributed by atoms with Gasteiger partial charge in [-0.25, -0.2) is 13.6 Å². The van der Waals surface area contributed by atoms with Crippen LogP contribution in [-0.4, -0.2) is 32.4 Å². The number of amides is 1. The molecule has 1 amide bonds. The lowest BCUT2D eigenvalue weighted by Gasteiger charge is -2.29. The fraction of sp³-hybridized carbons (Fsp3) is 0.235. The molecule has 2 rings (SSSR count). The minimum absolute atomic E-state index is 0.0105. The van der Waals surface area contributed by atoms with Crippen LogP contribution in [0.15, 0.2) is 46.2 Å². The number of aromatic nitrogens is 1. The monoisotopic (exact) mass is 411 g/mol. The van der Waals surface area contributed by atoms with Crippen LogP contribution in [0.5, 0.6) is 0 Å². The largest absolute Gasteiger partial charge is 0.464 e. The Morgan fingerprint density at radius 3 is 2.32 bits per heavy atom. The van der Waals surface area contributed by atoms with Crippen LogP contribution < -0.4 is 0 Å². The van der Waals surface area contributed by atoms with Crippen LogP contribution in [0.2, 0.25) is 0 Å². The van der Waals surface area contributed by atoms with Gasteiger partial charge in [0.15, 0.2) is 0 Å². The number of carbonyl (C=O) groups is 1. The lowest BCUT2D eigenvalue weighted by molar-refractivity contribution is 0.103. The molecule has 1 aromatic heterocycles. The lowest BCUT2D eigenvalue weighted by atomic mass is 10.0. The van der Waals surface area contributed by atoms with E-state index in [1.165, 1.54) is 12.4 Å². The molecule has 0 saturated heterocycles. The third-order valence-electron chi connectivity index (χ3n) is 3.24. The van der Waals surface area contributed by atoms with E-state index in [9.17, 15) is 18.7 Å². The van der Waals surface area contributed by atoms with Gasteiger partial charge in [-0.15, -0.1) is 0 Å².